The normalized spacial score (nSPS) is 18.2. The fourth-order valence-corrected chi connectivity index (χ4v) is 4.18. The summed E-state index contributed by atoms with van der Waals surface area (Å²) >= 11 is 0. The summed E-state index contributed by atoms with van der Waals surface area (Å²) in [5, 5.41) is 4.63. The number of rotatable bonds is 4. The van der Waals surface area contributed by atoms with Crippen molar-refractivity contribution in [1.82, 2.24) is 14.7 Å². The molecular weight excluding hydrogens is 310 g/mol. The monoisotopic (exact) mass is 337 g/mol. The standard InChI is InChI=1S/C21H27N3O/c25-21(16-24-15-19-8-4-5-9-20(19)22-24)23-12-10-18(11-13-23)14-17-6-2-1-3-7-17/h1-3,6-7,15,18H,4-5,8-14,16H2. The number of amides is 1. The molecule has 4 heteroatoms. The van der Waals surface area contributed by atoms with Crippen molar-refractivity contribution < 1.29 is 4.79 Å². The van der Waals surface area contributed by atoms with Gasteiger partial charge in [0.1, 0.15) is 6.54 Å². The number of likely N-dealkylation sites (tertiary alicyclic amines) is 1. The van der Waals surface area contributed by atoms with Gasteiger partial charge in [0.2, 0.25) is 5.91 Å². The molecular formula is C21H27N3O. The van der Waals surface area contributed by atoms with Gasteiger partial charge in [0.15, 0.2) is 0 Å². The second-order valence-corrected chi connectivity index (χ2v) is 7.52. The van der Waals surface area contributed by atoms with Crippen LogP contribution in [-0.4, -0.2) is 33.7 Å². The Kier molecular flexibility index (Phi) is 4.86. The maximum Gasteiger partial charge on any atom is 0.244 e. The lowest BCUT2D eigenvalue weighted by atomic mass is 9.90. The lowest BCUT2D eigenvalue weighted by molar-refractivity contribution is -0.133. The van der Waals surface area contributed by atoms with Crippen LogP contribution in [-0.2, 0) is 30.6 Å². The molecule has 0 spiro atoms. The van der Waals surface area contributed by atoms with E-state index in [0.717, 1.165) is 45.2 Å². The number of hydrogen-bond donors (Lipinski definition) is 0. The molecule has 132 valence electrons. The predicted molar refractivity (Wildman–Crippen MR) is 98.3 cm³/mol. The van der Waals surface area contributed by atoms with Gasteiger partial charge in [0.25, 0.3) is 0 Å². The molecule has 1 fully saturated rings. The van der Waals surface area contributed by atoms with Gasteiger partial charge in [-0.3, -0.25) is 9.48 Å². The zero-order valence-electron chi connectivity index (χ0n) is 14.9. The molecule has 0 saturated carbocycles. The molecule has 1 aliphatic heterocycles. The topological polar surface area (TPSA) is 38.1 Å². The van der Waals surface area contributed by atoms with Crippen LogP contribution < -0.4 is 0 Å². The molecule has 1 aromatic heterocycles. The highest BCUT2D eigenvalue weighted by Crippen LogP contribution is 2.22. The van der Waals surface area contributed by atoms with E-state index in [0.29, 0.717) is 12.5 Å². The van der Waals surface area contributed by atoms with Crippen molar-refractivity contribution in [1.29, 1.82) is 0 Å². The minimum atomic E-state index is 0.220. The van der Waals surface area contributed by atoms with Crippen molar-refractivity contribution in [2.24, 2.45) is 5.92 Å². The van der Waals surface area contributed by atoms with Crippen molar-refractivity contribution in [2.45, 2.75) is 51.5 Å². The van der Waals surface area contributed by atoms with Crippen molar-refractivity contribution in [3.63, 3.8) is 0 Å². The lowest BCUT2D eigenvalue weighted by Crippen LogP contribution is -2.40. The second kappa shape index (κ2) is 7.42. The molecule has 0 radical (unpaired) electrons. The fraction of sp³-hybridized carbons (Fsp3) is 0.524. The minimum Gasteiger partial charge on any atom is -0.341 e. The van der Waals surface area contributed by atoms with Gasteiger partial charge in [-0.1, -0.05) is 30.3 Å². The first-order valence-electron chi connectivity index (χ1n) is 9.65. The molecule has 1 aliphatic carbocycles. The Morgan fingerprint density at radius 2 is 1.84 bits per heavy atom. The molecule has 2 heterocycles. The number of aromatic nitrogens is 2. The molecule has 4 rings (SSSR count). The Morgan fingerprint density at radius 1 is 1.08 bits per heavy atom. The number of carbonyl (C=O) groups is 1. The van der Waals surface area contributed by atoms with Crippen LogP contribution in [0.1, 0.15) is 42.5 Å². The second-order valence-electron chi connectivity index (χ2n) is 7.52. The smallest absolute Gasteiger partial charge is 0.244 e. The summed E-state index contributed by atoms with van der Waals surface area (Å²) in [5.74, 6) is 0.918. The third-order valence-corrected chi connectivity index (χ3v) is 5.67. The zero-order chi connectivity index (χ0) is 17.1. The summed E-state index contributed by atoms with van der Waals surface area (Å²) in [6.07, 6.45) is 10.1. The third-order valence-electron chi connectivity index (χ3n) is 5.67. The quantitative estimate of drug-likeness (QED) is 0.859. The van der Waals surface area contributed by atoms with Crippen LogP contribution in [0.5, 0.6) is 0 Å². The number of benzene rings is 1. The average molecular weight is 337 g/mol. The Hall–Kier alpha value is -2.10. The van der Waals surface area contributed by atoms with Gasteiger partial charge >= 0.3 is 0 Å². The van der Waals surface area contributed by atoms with Crippen LogP contribution in [0.3, 0.4) is 0 Å². The summed E-state index contributed by atoms with van der Waals surface area (Å²) < 4.78 is 1.87. The van der Waals surface area contributed by atoms with E-state index in [1.807, 2.05) is 9.58 Å². The molecule has 1 saturated heterocycles. The van der Waals surface area contributed by atoms with Crippen LogP contribution >= 0.6 is 0 Å². The Bertz CT molecular complexity index is 690. The zero-order valence-corrected chi connectivity index (χ0v) is 14.9. The van der Waals surface area contributed by atoms with E-state index in [-0.39, 0.29) is 5.91 Å². The minimum absolute atomic E-state index is 0.220. The Labute approximate surface area is 149 Å². The van der Waals surface area contributed by atoms with E-state index in [1.165, 1.54) is 29.7 Å². The van der Waals surface area contributed by atoms with Gasteiger partial charge in [-0.2, -0.15) is 5.10 Å². The first-order valence-corrected chi connectivity index (χ1v) is 9.65. The molecule has 0 unspecified atom stereocenters. The Morgan fingerprint density at radius 3 is 2.60 bits per heavy atom. The average Bonchev–Trinajstić information content (AvgIpc) is 3.05. The number of carbonyl (C=O) groups excluding carboxylic acids is 1. The first-order chi connectivity index (χ1) is 12.3. The molecule has 25 heavy (non-hydrogen) atoms. The van der Waals surface area contributed by atoms with Crippen molar-refractivity contribution >= 4 is 5.91 Å². The van der Waals surface area contributed by atoms with E-state index in [2.05, 4.69) is 41.6 Å². The number of piperidine rings is 1. The Balaban J connectivity index is 1.28. The summed E-state index contributed by atoms with van der Waals surface area (Å²) in [5.41, 5.74) is 3.97. The summed E-state index contributed by atoms with van der Waals surface area (Å²) in [4.78, 5) is 14.6. The molecule has 1 aromatic carbocycles. The highest BCUT2D eigenvalue weighted by Gasteiger charge is 2.23. The molecule has 0 atom stereocenters. The predicted octanol–water partition coefficient (Wildman–Crippen LogP) is 3.24. The number of nitrogens with zero attached hydrogens (tertiary/aromatic N) is 3. The van der Waals surface area contributed by atoms with Crippen molar-refractivity contribution in [3.05, 3.63) is 53.3 Å². The summed E-state index contributed by atoms with van der Waals surface area (Å²) in [6, 6.07) is 10.7. The number of hydrogen-bond acceptors (Lipinski definition) is 2. The van der Waals surface area contributed by atoms with Crippen LogP contribution in [0.2, 0.25) is 0 Å². The molecule has 0 N–H and O–H groups in total. The van der Waals surface area contributed by atoms with Gasteiger partial charge < -0.3 is 4.90 Å². The summed E-state index contributed by atoms with van der Waals surface area (Å²) in [7, 11) is 0. The summed E-state index contributed by atoms with van der Waals surface area (Å²) in [6.45, 7) is 2.17. The van der Waals surface area contributed by atoms with Crippen LogP contribution in [0.25, 0.3) is 0 Å². The molecule has 0 bridgehead atoms. The fourth-order valence-electron chi connectivity index (χ4n) is 4.18. The van der Waals surface area contributed by atoms with E-state index in [9.17, 15) is 4.79 Å². The maximum absolute atomic E-state index is 12.6. The van der Waals surface area contributed by atoms with Crippen molar-refractivity contribution in [2.75, 3.05) is 13.1 Å². The lowest BCUT2D eigenvalue weighted by Gasteiger charge is -2.32. The van der Waals surface area contributed by atoms with Crippen molar-refractivity contribution in [3.8, 4) is 0 Å². The number of aryl methyl sites for hydroxylation is 2. The first kappa shape index (κ1) is 16.4. The van der Waals surface area contributed by atoms with Gasteiger partial charge in [-0.05, 0) is 62.0 Å². The van der Waals surface area contributed by atoms with Gasteiger partial charge in [-0.25, -0.2) is 0 Å². The third kappa shape index (κ3) is 3.94. The van der Waals surface area contributed by atoms with E-state index in [1.54, 1.807) is 0 Å². The van der Waals surface area contributed by atoms with Crippen LogP contribution in [0, 0.1) is 5.92 Å². The molecule has 1 amide bonds. The van der Waals surface area contributed by atoms with Crippen LogP contribution in [0.15, 0.2) is 36.5 Å². The maximum atomic E-state index is 12.6. The van der Waals surface area contributed by atoms with Gasteiger partial charge in [0, 0.05) is 19.3 Å². The van der Waals surface area contributed by atoms with E-state index in [4.69, 9.17) is 0 Å². The highest BCUT2D eigenvalue weighted by molar-refractivity contribution is 5.76. The largest absolute Gasteiger partial charge is 0.341 e. The molecule has 4 nitrogen and oxygen atoms in total. The molecule has 2 aromatic rings. The van der Waals surface area contributed by atoms with Crippen LogP contribution in [0.4, 0.5) is 0 Å². The van der Waals surface area contributed by atoms with E-state index >= 15 is 0 Å². The van der Waals surface area contributed by atoms with E-state index < -0.39 is 0 Å². The highest BCUT2D eigenvalue weighted by atomic mass is 16.2. The number of fused-ring (bicyclic) bond motifs is 1. The van der Waals surface area contributed by atoms with Gasteiger partial charge in [-0.15, -0.1) is 0 Å². The molecule has 2 aliphatic rings. The van der Waals surface area contributed by atoms with Gasteiger partial charge in [0.05, 0.1) is 5.69 Å². The SMILES string of the molecule is O=C(Cn1cc2c(n1)CCCC2)N1CCC(Cc2ccccc2)CC1.